The van der Waals surface area contributed by atoms with Crippen molar-refractivity contribution in [1.29, 1.82) is 5.26 Å². The number of nitrogens with zero attached hydrogens (tertiary/aromatic N) is 3. The van der Waals surface area contributed by atoms with Crippen LogP contribution in [0, 0.1) is 21.4 Å². The summed E-state index contributed by atoms with van der Waals surface area (Å²) in [7, 11) is 1.60. The van der Waals surface area contributed by atoms with Crippen LogP contribution in [0.3, 0.4) is 0 Å². The van der Waals surface area contributed by atoms with Crippen LogP contribution >= 0.6 is 0 Å². The van der Waals surface area contributed by atoms with E-state index in [4.69, 9.17) is 10.00 Å². The molecule has 2 aromatic rings. The first-order valence-corrected chi connectivity index (χ1v) is 7.56. The van der Waals surface area contributed by atoms with Crippen LogP contribution in [0.5, 0.6) is 5.75 Å². The molecular weight excluding hydrogens is 322 g/mol. The zero-order valence-electron chi connectivity index (χ0n) is 13.9. The molecule has 0 fully saturated rings. The molecule has 1 amide bonds. The highest BCUT2D eigenvalue weighted by Gasteiger charge is 2.20. The lowest BCUT2D eigenvalue weighted by atomic mass is 10.1. The van der Waals surface area contributed by atoms with Crippen LogP contribution in [0.25, 0.3) is 0 Å². The van der Waals surface area contributed by atoms with E-state index < -0.39 is 4.92 Å². The predicted octanol–water partition coefficient (Wildman–Crippen LogP) is 3.06. The highest BCUT2D eigenvalue weighted by atomic mass is 16.6. The molecule has 0 saturated heterocycles. The monoisotopic (exact) mass is 339 g/mol. The highest BCUT2D eigenvalue weighted by Crippen LogP contribution is 2.23. The Balaban J connectivity index is 2.05. The second-order valence-electron chi connectivity index (χ2n) is 5.43. The normalized spacial score (nSPS) is 11.2. The molecule has 0 radical (unpaired) electrons. The standard InChI is InChI=1S/C18H17N3O4/c1-13(14-7-5-8-16(10-14)21(23)24)20(2)18(22)12-25-17-9-4-3-6-15(17)11-19/h3-10,13H,12H2,1-2H3/t13-/m0/s1. The van der Waals surface area contributed by atoms with Crippen LogP contribution in [-0.4, -0.2) is 29.4 Å². The summed E-state index contributed by atoms with van der Waals surface area (Å²) in [5, 5.41) is 19.9. The van der Waals surface area contributed by atoms with Gasteiger partial charge in [-0.05, 0) is 24.6 Å². The lowest BCUT2D eigenvalue weighted by molar-refractivity contribution is -0.384. The number of carbonyl (C=O) groups is 1. The van der Waals surface area contributed by atoms with E-state index in [1.54, 1.807) is 50.4 Å². The molecule has 0 unspecified atom stereocenters. The van der Waals surface area contributed by atoms with Crippen molar-refractivity contribution in [2.45, 2.75) is 13.0 Å². The Kier molecular flexibility index (Phi) is 5.69. The van der Waals surface area contributed by atoms with Crippen molar-refractivity contribution >= 4 is 11.6 Å². The Bertz CT molecular complexity index is 829. The number of benzene rings is 2. The maximum Gasteiger partial charge on any atom is 0.269 e. The van der Waals surface area contributed by atoms with E-state index in [1.807, 2.05) is 6.07 Å². The largest absolute Gasteiger partial charge is 0.482 e. The first kappa shape index (κ1) is 17.9. The van der Waals surface area contributed by atoms with Crippen LogP contribution in [0.4, 0.5) is 5.69 Å². The topological polar surface area (TPSA) is 96.5 Å². The molecule has 0 N–H and O–H groups in total. The number of carbonyl (C=O) groups excluding carboxylic acids is 1. The predicted molar refractivity (Wildman–Crippen MR) is 90.9 cm³/mol. The first-order valence-electron chi connectivity index (χ1n) is 7.56. The quantitative estimate of drug-likeness (QED) is 0.595. The summed E-state index contributed by atoms with van der Waals surface area (Å²) in [6.45, 7) is 1.55. The Morgan fingerprint density at radius 2 is 2.04 bits per heavy atom. The van der Waals surface area contributed by atoms with Gasteiger partial charge in [-0.1, -0.05) is 24.3 Å². The third kappa shape index (κ3) is 4.32. The molecule has 2 aromatic carbocycles. The number of ether oxygens (including phenoxy) is 1. The minimum atomic E-state index is -0.472. The van der Waals surface area contributed by atoms with Gasteiger partial charge in [-0.15, -0.1) is 0 Å². The number of hydrogen-bond acceptors (Lipinski definition) is 5. The number of hydrogen-bond donors (Lipinski definition) is 0. The van der Waals surface area contributed by atoms with Crippen molar-refractivity contribution in [3.63, 3.8) is 0 Å². The van der Waals surface area contributed by atoms with Gasteiger partial charge in [-0.3, -0.25) is 14.9 Å². The third-order valence-electron chi connectivity index (χ3n) is 3.90. The molecule has 0 aromatic heterocycles. The van der Waals surface area contributed by atoms with Crippen molar-refractivity contribution in [2.24, 2.45) is 0 Å². The zero-order chi connectivity index (χ0) is 18.4. The van der Waals surface area contributed by atoms with Gasteiger partial charge in [0.25, 0.3) is 11.6 Å². The van der Waals surface area contributed by atoms with Crippen molar-refractivity contribution in [2.75, 3.05) is 13.7 Å². The average molecular weight is 339 g/mol. The van der Waals surface area contributed by atoms with Gasteiger partial charge in [0.15, 0.2) is 6.61 Å². The summed E-state index contributed by atoms with van der Waals surface area (Å²) < 4.78 is 5.44. The van der Waals surface area contributed by atoms with Crippen LogP contribution in [0.1, 0.15) is 24.1 Å². The Hall–Kier alpha value is -3.40. The molecular formula is C18H17N3O4. The molecule has 7 heteroatoms. The van der Waals surface area contributed by atoms with E-state index in [-0.39, 0.29) is 24.2 Å². The minimum Gasteiger partial charge on any atom is -0.482 e. The van der Waals surface area contributed by atoms with Crippen molar-refractivity contribution in [3.05, 3.63) is 69.8 Å². The number of likely N-dealkylation sites (N-methyl/N-ethyl adjacent to an activating group) is 1. The number of nitro benzene ring substituents is 1. The van der Waals surface area contributed by atoms with Crippen LogP contribution in [0.15, 0.2) is 48.5 Å². The Morgan fingerprint density at radius 1 is 1.32 bits per heavy atom. The smallest absolute Gasteiger partial charge is 0.269 e. The molecule has 2 rings (SSSR count). The molecule has 0 spiro atoms. The molecule has 0 aliphatic heterocycles. The fourth-order valence-electron chi connectivity index (χ4n) is 2.26. The van der Waals surface area contributed by atoms with Crippen molar-refractivity contribution < 1.29 is 14.5 Å². The Labute approximate surface area is 145 Å². The van der Waals surface area contributed by atoms with Crippen molar-refractivity contribution in [1.82, 2.24) is 4.90 Å². The molecule has 7 nitrogen and oxygen atoms in total. The van der Waals surface area contributed by atoms with E-state index >= 15 is 0 Å². The number of non-ortho nitro benzene ring substituents is 1. The SMILES string of the molecule is C[C@@H](c1cccc([N+](=O)[O-])c1)N(C)C(=O)COc1ccccc1C#N. The van der Waals surface area contributed by atoms with Gasteiger partial charge in [0.05, 0.1) is 16.5 Å². The van der Waals surface area contributed by atoms with Crippen molar-refractivity contribution in [3.8, 4) is 11.8 Å². The minimum absolute atomic E-state index is 0.0237. The maximum absolute atomic E-state index is 12.3. The number of nitriles is 1. The van der Waals surface area contributed by atoms with Gasteiger partial charge < -0.3 is 9.64 Å². The number of para-hydroxylation sites is 1. The summed E-state index contributed by atoms with van der Waals surface area (Å²) in [6, 6.07) is 14.5. The fourth-order valence-corrected chi connectivity index (χ4v) is 2.26. The molecule has 0 aliphatic rings. The van der Waals surface area contributed by atoms with Gasteiger partial charge >= 0.3 is 0 Å². The number of amides is 1. The van der Waals surface area contributed by atoms with Gasteiger partial charge in [-0.25, -0.2) is 0 Å². The van der Waals surface area contributed by atoms with E-state index in [2.05, 4.69) is 0 Å². The second-order valence-corrected chi connectivity index (χ2v) is 5.43. The molecule has 25 heavy (non-hydrogen) atoms. The molecule has 1 atom stereocenters. The summed E-state index contributed by atoms with van der Waals surface area (Å²) in [4.78, 5) is 24.2. The summed E-state index contributed by atoms with van der Waals surface area (Å²) in [6.07, 6.45) is 0. The summed E-state index contributed by atoms with van der Waals surface area (Å²) in [5.74, 6) is 0.0431. The van der Waals surface area contributed by atoms with Gasteiger partial charge in [0.1, 0.15) is 11.8 Å². The molecule has 0 bridgehead atoms. The van der Waals surface area contributed by atoms with E-state index in [9.17, 15) is 14.9 Å². The third-order valence-corrected chi connectivity index (χ3v) is 3.90. The molecule has 0 aliphatic carbocycles. The molecule has 0 heterocycles. The highest BCUT2D eigenvalue weighted by molar-refractivity contribution is 5.78. The molecule has 0 saturated carbocycles. The second kappa shape index (κ2) is 7.93. The van der Waals surface area contributed by atoms with Crippen LogP contribution in [-0.2, 0) is 4.79 Å². The Morgan fingerprint density at radius 3 is 2.72 bits per heavy atom. The van der Waals surface area contributed by atoms with E-state index in [0.29, 0.717) is 16.9 Å². The van der Waals surface area contributed by atoms with Gasteiger partial charge in [0, 0.05) is 19.2 Å². The number of nitro groups is 1. The zero-order valence-corrected chi connectivity index (χ0v) is 13.9. The van der Waals surface area contributed by atoms with E-state index in [0.717, 1.165) is 0 Å². The first-order chi connectivity index (χ1) is 11.9. The van der Waals surface area contributed by atoms with E-state index in [1.165, 1.54) is 17.0 Å². The van der Waals surface area contributed by atoms with Crippen LogP contribution < -0.4 is 4.74 Å². The lowest BCUT2D eigenvalue weighted by Crippen LogP contribution is -2.33. The molecule has 128 valence electrons. The fraction of sp³-hybridized carbons (Fsp3) is 0.222. The average Bonchev–Trinajstić information content (AvgIpc) is 2.65. The summed E-state index contributed by atoms with van der Waals surface area (Å²) in [5.41, 5.74) is 0.983. The lowest BCUT2D eigenvalue weighted by Gasteiger charge is -2.25. The van der Waals surface area contributed by atoms with Gasteiger partial charge in [-0.2, -0.15) is 5.26 Å². The van der Waals surface area contributed by atoms with Gasteiger partial charge in [0.2, 0.25) is 0 Å². The summed E-state index contributed by atoms with van der Waals surface area (Å²) >= 11 is 0. The van der Waals surface area contributed by atoms with Crippen LogP contribution in [0.2, 0.25) is 0 Å². The number of rotatable bonds is 6. The maximum atomic E-state index is 12.3.